The molecule has 0 radical (unpaired) electrons. The molecule has 1 fully saturated rings. The molecular formula is C21H23ClN4O2. The van der Waals surface area contributed by atoms with E-state index in [4.69, 9.17) is 16.1 Å². The van der Waals surface area contributed by atoms with Crippen LogP contribution in [0.5, 0.6) is 0 Å². The van der Waals surface area contributed by atoms with Crippen molar-refractivity contribution in [1.82, 2.24) is 20.4 Å². The molecule has 3 aromatic rings. The zero-order valence-electron chi connectivity index (χ0n) is 16.2. The maximum Gasteiger partial charge on any atom is 0.259 e. The molecule has 0 spiro atoms. The second-order valence-electron chi connectivity index (χ2n) is 7.45. The number of carbonyl (C=O) groups excluding carboxylic acids is 1. The Labute approximate surface area is 168 Å². The van der Waals surface area contributed by atoms with E-state index in [0.29, 0.717) is 34.8 Å². The molecule has 4 rings (SSSR count). The maximum absolute atomic E-state index is 13.7. The van der Waals surface area contributed by atoms with Crippen LogP contribution in [-0.2, 0) is 0 Å². The molecule has 7 heteroatoms. The summed E-state index contributed by atoms with van der Waals surface area (Å²) in [5, 5.41) is 8.92. The van der Waals surface area contributed by atoms with Crippen molar-refractivity contribution < 1.29 is 9.32 Å². The number of nitrogens with zero attached hydrogens (tertiary/aromatic N) is 3. The second kappa shape index (κ2) is 7.53. The van der Waals surface area contributed by atoms with Crippen LogP contribution >= 0.6 is 11.6 Å². The summed E-state index contributed by atoms with van der Waals surface area (Å²) in [6.07, 6.45) is 0. The van der Waals surface area contributed by atoms with Gasteiger partial charge >= 0.3 is 0 Å². The van der Waals surface area contributed by atoms with E-state index in [-0.39, 0.29) is 17.9 Å². The van der Waals surface area contributed by atoms with Crippen LogP contribution in [-0.4, -0.2) is 40.6 Å². The summed E-state index contributed by atoms with van der Waals surface area (Å²) < 4.78 is 5.43. The molecule has 0 saturated carbocycles. The Hall–Kier alpha value is -2.44. The average molecular weight is 399 g/mol. The summed E-state index contributed by atoms with van der Waals surface area (Å²) >= 11 is 6.44. The van der Waals surface area contributed by atoms with Gasteiger partial charge in [-0.2, -0.15) is 0 Å². The number of rotatable bonds is 3. The SMILES string of the molecule is Cc1cc(C(=O)N2CCNCC2c2ccccc2Cl)c2c(C(C)C)noc2n1. The van der Waals surface area contributed by atoms with E-state index in [2.05, 4.69) is 15.5 Å². The lowest BCUT2D eigenvalue weighted by molar-refractivity contribution is 0.0636. The molecule has 0 aliphatic carbocycles. The zero-order valence-corrected chi connectivity index (χ0v) is 17.0. The molecule has 3 heterocycles. The minimum atomic E-state index is -0.138. The van der Waals surface area contributed by atoms with Crippen LogP contribution in [0.4, 0.5) is 0 Å². The Morgan fingerprint density at radius 1 is 1.36 bits per heavy atom. The first-order chi connectivity index (χ1) is 13.5. The predicted octanol–water partition coefficient (Wildman–Crippen LogP) is 4.09. The number of aryl methyl sites for hydroxylation is 1. The van der Waals surface area contributed by atoms with Gasteiger partial charge in [0, 0.05) is 30.4 Å². The van der Waals surface area contributed by atoms with Gasteiger partial charge in [0.2, 0.25) is 0 Å². The number of piperazine rings is 1. The van der Waals surface area contributed by atoms with Crippen LogP contribution < -0.4 is 5.32 Å². The maximum atomic E-state index is 13.7. The van der Waals surface area contributed by atoms with Crippen LogP contribution in [0, 0.1) is 6.92 Å². The van der Waals surface area contributed by atoms with Crippen molar-refractivity contribution in [2.75, 3.05) is 19.6 Å². The Morgan fingerprint density at radius 3 is 2.89 bits per heavy atom. The summed E-state index contributed by atoms with van der Waals surface area (Å²) in [6, 6.07) is 9.38. The fourth-order valence-electron chi connectivity index (χ4n) is 3.78. The summed E-state index contributed by atoms with van der Waals surface area (Å²) in [6.45, 7) is 7.91. The highest BCUT2D eigenvalue weighted by atomic mass is 35.5. The van der Waals surface area contributed by atoms with Gasteiger partial charge in [0.15, 0.2) is 0 Å². The highest BCUT2D eigenvalue weighted by Crippen LogP contribution is 2.33. The first-order valence-electron chi connectivity index (χ1n) is 9.50. The number of fused-ring (bicyclic) bond motifs is 1. The molecule has 146 valence electrons. The second-order valence-corrected chi connectivity index (χ2v) is 7.86. The molecule has 0 bridgehead atoms. The lowest BCUT2D eigenvalue weighted by atomic mass is 9.99. The molecular weight excluding hydrogens is 376 g/mol. The van der Waals surface area contributed by atoms with Gasteiger partial charge in [-0.3, -0.25) is 4.79 Å². The lowest BCUT2D eigenvalue weighted by Gasteiger charge is -2.37. The van der Waals surface area contributed by atoms with Crippen LogP contribution in [0.1, 0.15) is 53.1 Å². The van der Waals surface area contributed by atoms with Gasteiger partial charge in [-0.15, -0.1) is 0 Å². The molecule has 2 aromatic heterocycles. The van der Waals surface area contributed by atoms with Crippen molar-refractivity contribution in [3.63, 3.8) is 0 Å². The largest absolute Gasteiger partial charge is 0.335 e. The highest BCUT2D eigenvalue weighted by molar-refractivity contribution is 6.31. The number of amides is 1. The highest BCUT2D eigenvalue weighted by Gasteiger charge is 2.32. The summed E-state index contributed by atoms with van der Waals surface area (Å²) in [7, 11) is 0. The van der Waals surface area contributed by atoms with E-state index in [1.165, 1.54) is 0 Å². The number of nitrogens with one attached hydrogen (secondary N) is 1. The monoisotopic (exact) mass is 398 g/mol. The predicted molar refractivity (Wildman–Crippen MR) is 109 cm³/mol. The van der Waals surface area contributed by atoms with Gasteiger partial charge in [-0.1, -0.05) is 48.8 Å². The van der Waals surface area contributed by atoms with E-state index in [0.717, 1.165) is 23.5 Å². The number of benzene rings is 1. The van der Waals surface area contributed by atoms with E-state index in [9.17, 15) is 4.79 Å². The molecule has 1 saturated heterocycles. The molecule has 1 amide bonds. The van der Waals surface area contributed by atoms with Gasteiger partial charge < -0.3 is 14.7 Å². The standard InChI is InChI=1S/C21H23ClN4O2/c1-12(2)19-18-15(10-13(3)24-20(18)28-25-19)21(27)26-9-8-23-11-17(26)14-6-4-5-7-16(14)22/h4-7,10,12,17,23H,8-9,11H2,1-3H3. The quantitative estimate of drug-likeness (QED) is 0.719. The minimum Gasteiger partial charge on any atom is -0.335 e. The van der Waals surface area contributed by atoms with Gasteiger partial charge in [-0.25, -0.2) is 4.98 Å². The first kappa shape index (κ1) is 18.9. The molecule has 1 atom stereocenters. The number of hydrogen-bond donors (Lipinski definition) is 1. The van der Waals surface area contributed by atoms with Crippen molar-refractivity contribution in [2.45, 2.75) is 32.7 Å². The smallest absolute Gasteiger partial charge is 0.259 e. The number of pyridine rings is 1. The third-order valence-corrected chi connectivity index (χ3v) is 5.49. The Morgan fingerprint density at radius 2 is 2.14 bits per heavy atom. The van der Waals surface area contributed by atoms with Gasteiger partial charge in [0.25, 0.3) is 11.6 Å². The number of halogens is 1. The molecule has 1 aliphatic heterocycles. The average Bonchev–Trinajstić information content (AvgIpc) is 3.11. The molecule has 1 aliphatic rings. The summed E-state index contributed by atoms with van der Waals surface area (Å²) in [5.41, 5.74) is 3.44. The third-order valence-electron chi connectivity index (χ3n) is 5.15. The number of hydrogen-bond acceptors (Lipinski definition) is 5. The molecule has 1 unspecified atom stereocenters. The summed E-state index contributed by atoms with van der Waals surface area (Å²) in [5.74, 6) is 0.0757. The van der Waals surface area contributed by atoms with Crippen LogP contribution in [0.25, 0.3) is 11.1 Å². The Bertz CT molecular complexity index is 1030. The topological polar surface area (TPSA) is 71.3 Å². The van der Waals surface area contributed by atoms with Crippen LogP contribution in [0.3, 0.4) is 0 Å². The van der Waals surface area contributed by atoms with Gasteiger partial charge in [0.1, 0.15) is 0 Å². The van der Waals surface area contributed by atoms with E-state index in [1.54, 1.807) is 0 Å². The Kier molecular flexibility index (Phi) is 5.08. The van der Waals surface area contributed by atoms with Crippen molar-refractivity contribution in [3.8, 4) is 0 Å². The third kappa shape index (κ3) is 3.27. The van der Waals surface area contributed by atoms with Gasteiger partial charge in [0.05, 0.1) is 22.7 Å². The first-order valence-corrected chi connectivity index (χ1v) is 9.88. The van der Waals surface area contributed by atoms with Crippen LogP contribution in [0.2, 0.25) is 5.02 Å². The van der Waals surface area contributed by atoms with Crippen molar-refractivity contribution in [3.05, 3.63) is 57.9 Å². The van der Waals surface area contributed by atoms with Gasteiger partial charge in [-0.05, 0) is 30.5 Å². The molecule has 6 nitrogen and oxygen atoms in total. The van der Waals surface area contributed by atoms with Crippen LogP contribution in [0.15, 0.2) is 34.9 Å². The van der Waals surface area contributed by atoms with Crippen molar-refractivity contribution >= 4 is 28.6 Å². The van der Waals surface area contributed by atoms with E-state index < -0.39 is 0 Å². The van der Waals surface area contributed by atoms with Crippen molar-refractivity contribution in [2.24, 2.45) is 0 Å². The fourth-order valence-corrected chi connectivity index (χ4v) is 4.05. The molecule has 28 heavy (non-hydrogen) atoms. The number of carbonyl (C=O) groups is 1. The fraction of sp³-hybridized carbons (Fsp3) is 0.381. The van der Waals surface area contributed by atoms with Crippen molar-refractivity contribution in [1.29, 1.82) is 0 Å². The Balaban J connectivity index is 1.82. The van der Waals surface area contributed by atoms with E-state index >= 15 is 0 Å². The normalized spacial score (nSPS) is 17.5. The molecule has 1 N–H and O–H groups in total. The summed E-state index contributed by atoms with van der Waals surface area (Å²) in [4.78, 5) is 20.0. The lowest BCUT2D eigenvalue weighted by Crippen LogP contribution is -2.48. The van der Waals surface area contributed by atoms with E-state index in [1.807, 2.05) is 56.0 Å². The molecule has 1 aromatic carbocycles. The zero-order chi connectivity index (χ0) is 19.8. The number of aromatic nitrogens is 2. The minimum absolute atomic E-state index is 0.0491.